The van der Waals surface area contributed by atoms with Crippen molar-refractivity contribution < 1.29 is 19.7 Å². The normalized spacial score (nSPS) is 51.8. The molecule has 4 aliphatic rings. The molecule has 9 unspecified atom stereocenters. The van der Waals surface area contributed by atoms with Gasteiger partial charge in [-0.05, 0) is 79.7 Å². The molecule has 29 heavy (non-hydrogen) atoms. The van der Waals surface area contributed by atoms with E-state index in [1.54, 1.807) is 6.07 Å². The summed E-state index contributed by atoms with van der Waals surface area (Å²) in [5, 5.41) is 33.5. The van der Waals surface area contributed by atoms with Gasteiger partial charge in [0.1, 0.15) is 0 Å². The molecule has 4 aliphatic carbocycles. The van der Waals surface area contributed by atoms with Crippen LogP contribution in [0.3, 0.4) is 0 Å². The number of hydrogen-bond acceptors (Lipinski definition) is 5. The first-order chi connectivity index (χ1) is 13.7. The maximum atomic E-state index is 12.2. The molecule has 160 valence electrons. The van der Waals surface area contributed by atoms with Gasteiger partial charge in [-0.2, -0.15) is 0 Å². The van der Waals surface area contributed by atoms with Crippen molar-refractivity contribution in [1.82, 2.24) is 0 Å². The lowest BCUT2D eigenvalue weighted by atomic mass is 9.43. The number of fused-ring (bicyclic) bond motifs is 5. The van der Waals surface area contributed by atoms with Crippen molar-refractivity contribution >= 4 is 0 Å². The SMILES string of the molecule is CC12CCC(O)CC1CCC1C2CCC2(C)C(c3ccoc(=O)c3)C(O)CC12O. The molecule has 0 spiro atoms. The summed E-state index contributed by atoms with van der Waals surface area (Å²) in [6.45, 7) is 4.51. The minimum absolute atomic E-state index is 0.163. The molecule has 0 aromatic carbocycles. The quantitative estimate of drug-likeness (QED) is 0.671. The molecule has 1 aromatic heterocycles. The fourth-order valence-electron chi connectivity index (χ4n) is 8.42. The molecule has 0 amide bonds. The van der Waals surface area contributed by atoms with Gasteiger partial charge in [0.05, 0.1) is 24.1 Å². The predicted molar refractivity (Wildman–Crippen MR) is 108 cm³/mol. The Morgan fingerprint density at radius 3 is 2.62 bits per heavy atom. The molecule has 9 atom stereocenters. The van der Waals surface area contributed by atoms with Crippen LogP contribution >= 0.6 is 0 Å². The number of rotatable bonds is 1. The van der Waals surface area contributed by atoms with E-state index >= 15 is 0 Å². The maximum absolute atomic E-state index is 12.2. The summed E-state index contributed by atoms with van der Waals surface area (Å²) < 4.78 is 4.90. The van der Waals surface area contributed by atoms with Crippen LogP contribution in [-0.2, 0) is 0 Å². The monoisotopic (exact) mass is 402 g/mol. The Balaban J connectivity index is 1.53. The first-order valence-electron chi connectivity index (χ1n) is 11.4. The summed E-state index contributed by atoms with van der Waals surface area (Å²) in [4.78, 5) is 11.8. The van der Waals surface area contributed by atoms with Crippen molar-refractivity contribution in [2.24, 2.45) is 28.6 Å². The minimum Gasteiger partial charge on any atom is -0.431 e. The van der Waals surface area contributed by atoms with Crippen LogP contribution < -0.4 is 5.63 Å². The van der Waals surface area contributed by atoms with Crippen LogP contribution in [0.2, 0.25) is 0 Å². The Morgan fingerprint density at radius 2 is 1.86 bits per heavy atom. The maximum Gasteiger partial charge on any atom is 0.335 e. The van der Waals surface area contributed by atoms with E-state index in [1.807, 2.05) is 0 Å². The molecule has 5 nitrogen and oxygen atoms in total. The zero-order valence-electron chi connectivity index (χ0n) is 17.5. The van der Waals surface area contributed by atoms with Gasteiger partial charge in [0.15, 0.2) is 0 Å². The van der Waals surface area contributed by atoms with E-state index in [0.29, 0.717) is 18.3 Å². The molecule has 4 saturated carbocycles. The number of aliphatic hydroxyl groups excluding tert-OH is 2. The molecule has 5 heteroatoms. The number of aliphatic hydroxyl groups is 3. The van der Waals surface area contributed by atoms with Crippen LogP contribution in [0.5, 0.6) is 0 Å². The lowest BCUT2D eigenvalue weighted by Gasteiger charge is -2.63. The third kappa shape index (κ3) is 2.60. The van der Waals surface area contributed by atoms with Crippen molar-refractivity contribution in [1.29, 1.82) is 0 Å². The van der Waals surface area contributed by atoms with Crippen molar-refractivity contribution in [3.63, 3.8) is 0 Å². The molecule has 3 N–H and O–H groups in total. The molecular weight excluding hydrogens is 368 g/mol. The van der Waals surface area contributed by atoms with E-state index in [9.17, 15) is 20.1 Å². The first-order valence-corrected chi connectivity index (χ1v) is 11.4. The van der Waals surface area contributed by atoms with Crippen LogP contribution in [0, 0.1) is 28.6 Å². The third-order valence-corrected chi connectivity index (χ3v) is 9.92. The Hall–Kier alpha value is -1.17. The summed E-state index contributed by atoms with van der Waals surface area (Å²) in [5.41, 5.74) is -0.850. The smallest absolute Gasteiger partial charge is 0.335 e. The highest BCUT2D eigenvalue weighted by Crippen LogP contribution is 2.70. The zero-order valence-corrected chi connectivity index (χ0v) is 17.5. The van der Waals surface area contributed by atoms with Crippen LogP contribution in [0.15, 0.2) is 27.6 Å². The Labute approximate surface area is 172 Å². The van der Waals surface area contributed by atoms with Gasteiger partial charge in [0.25, 0.3) is 0 Å². The van der Waals surface area contributed by atoms with Crippen molar-refractivity contribution in [3.05, 3.63) is 34.4 Å². The highest BCUT2D eigenvalue weighted by atomic mass is 16.4. The molecule has 0 radical (unpaired) electrons. The van der Waals surface area contributed by atoms with E-state index in [0.717, 1.165) is 50.5 Å². The van der Waals surface area contributed by atoms with Crippen LogP contribution in [0.25, 0.3) is 0 Å². The summed E-state index contributed by atoms with van der Waals surface area (Å²) in [6, 6.07) is 3.26. The number of hydrogen-bond donors (Lipinski definition) is 3. The van der Waals surface area contributed by atoms with E-state index in [1.165, 1.54) is 12.3 Å². The summed E-state index contributed by atoms with van der Waals surface area (Å²) >= 11 is 0. The van der Waals surface area contributed by atoms with E-state index in [4.69, 9.17) is 4.42 Å². The molecule has 0 saturated heterocycles. The fourth-order valence-corrected chi connectivity index (χ4v) is 8.42. The standard InChI is InChI=1S/C24H34O5/c1-22-8-5-16(25)12-15(22)3-4-18-17(22)6-9-23(2)21(19(26)13-24(18,23)28)14-7-10-29-20(27)11-14/h7,10-11,15-19,21,25-26,28H,3-6,8-9,12-13H2,1-2H3. The van der Waals surface area contributed by atoms with Gasteiger partial charge in [-0.1, -0.05) is 13.8 Å². The second-order valence-corrected chi connectivity index (χ2v) is 10.9. The van der Waals surface area contributed by atoms with Gasteiger partial charge in [0, 0.05) is 23.8 Å². The Morgan fingerprint density at radius 1 is 1.07 bits per heavy atom. The van der Waals surface area contributed by atoms with Gasteiger partial charge < -0.3 is 19.7 Å². The van der Waals surface area contributed by atoms with E-state index < -0.39 is 22.7 Å². The largest absolute Gasteiger partial charge is 0.431 e. The average molecular weight is 403 g/mol. The summed E-state index contributed by atoms with van der Waals surface area (Å²) in [7, 11) is 0. The third-order valence-electron chi connectivity index (χ3n) is 9.92. The van der Waals surface area contributed by atoms with Crippen molar-refractivity contribution in [2.75, 3.05) is 0 Å². The van der Waals surface area contributed by atoms with Crippen molar-refractivity contribution in [3.8, 4) is 0 Å². The highest BCUT2D eigenvalue weighted by Gasteiger charge is 2.69. The minimum atomic E-state index is -0.930. The Bertz CT molecular complexity index is 850. The second kappa shape index (κ2) is 6.41. The predicted octanol–water partition coefficient (Wildman–Crippen LogP) is 3.21. The zero-order chi connectivity index (χ0) is 20.6. The average Bonchev–Trinajstić information content (AvgIpc) is 2.87. The van der Waals surface area contributed by atoms with E-state index in [-0.39, 0.29) is 23.4 Å². The first kappa shape index (κ1) is 19.8. The Kier molecular flexibility index (Phi) is 4.37. The molecule has 1 aromatic rings. The lowest BCUT2D eigenvalue weighted by Crippen LogP contribution is -2.62. The highest BCUT2D eigenvalue weighted by molar-refractivity contribution is 5.30. The van der Waals surface area contributed by atoms with E-state index in [2.05, 4.69) is 13.8 Å². The van der Waals surface area contributed by atoms with Gasteiger partial charge >= 0.3 is 5.63 Å². The van der Waals surface area contributed by atoms with Crippen LogP contribution in [-0.4, -0.2) is 33.1 Å². The van der Waals surface area contributed by atoms with Gasteiger partial charge in [-0.25, -0.2) is 4.79 Å². The topological polar surface area (TPSA) is 90.9 Å². The van der Waals surface area contributed by atoms with Gasteiger partial charge in [-0.3, -0.25) is 0 Å². The van der Waals surface area contributed by atoms with Crippen molar-refractivity contribution in [2.45, 2.75) is 88.9 Å². The molecule has 0 aliphatic heterocycles. The van der Waals surface area contributed by atoms with Gasteiger partial charge in [0.2, 0.25) is 0 Å². The fraction of sp³-hybridized carbons (Fsp3) is 0.792. The summed E-state index contributed by atoms with van der Waals surface area (Å²) in [5.74, 6) is 0.869. The second-order valence-electron chi connectivity index (χ2n) is 10.9. The molecule has 0 bridgehead atoms. The molecule has 5 rings (SSSR count). The van der Waals surface area contributed by atoms with Crippen LogP contribution in [0.1, 0.15) is 76.7 Å². The van der Waals surface area contributed by atoms with Crippen LogP contribution in [0.4, 0.5) is 0 Å². The molecule has 1 heterocycles. The summed E-state index contributed by atoms with van der Waals surface area (Å²) in [6.07, 6.45) is 7.59. The molecular formula is C24H34O5. The molecule has 4 fully saturated rings. The van der Waals surface area contributed by atoms with Gasteiger partial charge in [-0.15, -0.1) is 0 Å². The lowest BCUT2D eigenvalue weighted by molar-refractivity contribution is -0.205.